The summed E-state index contributed by atoms with van der Waals surface area (Å²) in [6.07, 6.45) is 1.72. The highest BCUT2D eigenvalue weighted by molar-refractivity contribution is 9.10. The van der Waals surface area contributed by atoms with Crippen molar-refractivity contribution < 1.29 is 9.84 Å². The van der Waals surface area contributed by atoms with Gasteiger partial charge < -0.3 is 15.2 Å². The average Bonchev–Trinajstić information content (AvgIpc) is 2.42. The van der Waals surface area contributed by atoms with Crippen molar-refractivity contribution in [3.63, 3.8) is 0 Å². The number of ether oxygens (including phenoxy) is 1. The topological polar surface area (TPSA) is 41.5 Å². The van der Waals surface area contributed by atoms with E-state index in [-0.39, 0.29) is 6.04 Å². The Balaban J connectivity index is 2.22. The molecular weight excluding hydrogens is 306 g/mol. The van der Waals surface area contributed by atoms with Crippen molar-refractivity contribution in [2.24, 2.45) is 0 Å². The van der Waals surface area contributed by atoms with Crippen LogP contribution < -0.4 is 5.32 Å². The monoisotopic (exact) mass is 329 g/mol. The van der Waals surface area contributed by atoms with Crippen LogP contribution in [0.5, 0.6) is 0 Å². The van der Waals surface area contributed by atoms with Crippen LogP contribution in [0.2, 0.25) is 0 Å². The summed E-state index contributed by atoms with van der Waals surface area (Å²) in [7, 11) is 0. The molecule has 1 aromatic carbocycles. The lowest BCUT2D eigenvalue weighted by molar-refractivity contribution is 0.0348. The third-order valence-corrected chi connectivity index (χ3v) is 3.51. The van der Waals surface area contributed by atoms with Gasteiger partial charge in [0.05, 0.1) is 12.7 Å². The van der Waals surface area contributed by atoms with Gasteiger partial charge in [-0.25, -0.2) is 0 Å². The number of aliphatic hydroxyl groups is 1. The number of unbranched alkanes of at least 4 members (excludes halogenated alkanes) is 1. The van der Waals surface area contributed by atoms with E-state index in [1.165, 1.54) is 5.56 Å². The van der Waals surface area contributed by atoms with Gasteiger partial charge in [-0.2, -0.15) is 0 Å². The average molecular weight is 330 g/mol. The van der Waals surface area contributed by atoms with Gasteiger partial charge in [0, 0.05) is 23.7 Å². The highest BCUT2D eigenvalue weighted by atomic mass is 79.9. The fourth-order valence-electron chi connectivity index (χ4n) is 1.71. The number of rotatable bonds is 9. The zero-order valence-corrected chi connectivity index (χ0v) is 13.3. The summed E-state index contributed by atoms with van der Waals surface area (Å²) >= 11 is 3.42. The maximum Gasteiger partial charge on any atom is 0.0897 e. The maximum absolute atomic E-state index is 9.79. The molecule has 2 atom stereocenters. The molecule has 19 heavy (non-hydrogen) atoms. The van der Waals surface area contributed by atoms with E-state index in [4.69, 9.17) is 4.74 Å². The number of aliphatic hydroxyl groups excluding tert-OH is 1. The van der Waals surface area contributed by atoms with Crippen molar-refractivity contribution in [2.75, 3.05) is 19.8 Å². The normalized spacial score (nSPS) is 14.3. The third kappa shape index (κ3) is 7.06. The van der Waals surface area contributed by atoms with Gasteiger partial charge in [0.15, 0.2) is 0 Å². The first-order valence-electron chi connectivity index (χ1n) is 6.88. The minimum absolute atomic E-state index is 0.221. The number of hydrogen-bond acceptors (Lipinski definition) is 3. The first kappa shape index (κ1) is 16.6. The highest BCUT2D eigenvalue weighted by Gasteiger charge is 2.08. The van der Waals surface area contributed by atoms with Crippen LogP contribution in [0.25, 0.3) is 0 Å². The minimum Gasteiger partial charge on any atom is -0.389 e. The standard InChI is InChI=1S/C15H24BrNO2/c1-3-4-9-19-11-15(18)10-17-12(2)13-5-7-14(16)8-6-13/h5-8,12,15,17-18H,3-4,9-11H2,1-2H3/t12-,15?/m1/s1. The Labute approximate surface area is 124 Å². The van der Waals surface area contributed by atoms with E-state index in [2.05, 4.69) is 47.2 Å². The van der Waals surface area contributed by atoms with E-state index >= 15 is 0 Å². The molecule has 1 unspecified atom stereocenters. The molecule has 0 heterocycles. The van der Waals surface area contributed by atoms with Crippen molar-refractivity contribution in [3.05, 3.63) is 34.3 Å². The molecule has 1 rings (SSSR count). The van der Waals surface area contributed by atoms with E-state index in [1.54, 1.807) is 0 Å². The smallest absolute Gasteiger partial charge is 0.0897 e. The molecule has 0 aliphatic carbocycles. The lowest BCUT2D eigenvalue weighted by Crippen LogP contribution is -2.32. The number of benzene rings is 1. The van der Waals surface area contributed by atoms with Gasteiger partial charge in [-0.3, -0.25) is 0 Å². The van der Waals surface area contributed by atoms with Crippen LogP contribution in [0.3, 0.4) is 0 Å². The molecule has 0 saturated carbocycles. The third-order valence-electron chi connectivity index (χ3n) is 2.98. The molecule has 0 aliphatic rings. The van der Waals surface area contributed by atoms with Gasteiger partial charge in [-0.15, -0.1) is 0 Å². The van der Waals surface area contributed by atoms with E-state index in [9.17, 15) is 5.11 Å². The summed E-state index contributed by atoms with van der Waals surface area (Å²) in [6, 6.07) is 8.42. The number of halogens is 1. The molecule has 108 valence electrons. The van der Waals surface area contributed by atoms with E-state index in [0.717, 1.165) is 23.9 Å². The largest absolute Gasteiger partial charge is 0.389 e. The van der Waals surface area contributed by atoms with Crippen molar-refractivity contribution in [2.45, 2.75) is 38.8 Å². The fourth-order valence-corrected chi connectivity index (χ4v) is 1.97. The van der Waals surface area contributed by atoms with Crippen molar-refractivity contribution in [1.29, 1.82) is 0 Å². The van der Waals surface area contributed by atoms with Gasteiger partial charge >= 0.3 is 0 Å². The van der Waals surface area contributed by atoms with Gasteiger partial charge in [-0.1, -0.05) is 41.4 Å². The molecular formula is C15H24BrNO2. The Hall–Kier alpha value is -0.420. The van der Waals surface area contributed by atoms with Crippen LogP contribution in [0.15, 0.2) is 28.7 Å². The Bertz CT molecular complexity index is 343. The number of hydrogen-bond donors (Lipinski definition) is 2. The second-order valence-electron chi connectivity index (χ2n) is 4.76. The van der Waals surface area contributed by atoms with Crippen LogP contribution in [0.1, 0.15) is 38.3 Å². The predicted molar refractivity (Wildman–Crippen MR) is 82.3 cm³/mol. The molecule has 4 heteroatoms. The Morgan fingerprint density at radius 3 is 2.63 bits per heavy atom. The SMILES string of the molecule is CCCCOCC(O)CN[C@H](C)c1ccc(Br)cc1. The second-order valence-corrected chi connectivity index (χ2v) is 5.68. The molecule has 0 amide bonds. The summed E-state index contributed by atoms with van der Waals surface area (Å²) < 4.78 is 6.47. The molecule has 3 nitrogen and oxygen atoms in total. The zero-order chi connectivity index (χ0) is 14.1. The van der Waals surface area contributed by atoms with Gasteiger partial charge in [-0.05, 0) is 31.0 Å². The van der Waals surface area contributed by atoms with E-state index < -0.39 is 6.10 Å². The summed E-state index contributed by atoms with van der Waals surface area (Å²) in [4.78, 5) is 0. The van der Waals surface area contributed by atoms with Gasteiger partial charge in [0.1, 0.15) is 0 Å². The molecule has 0 fully saturated rings. The van der Waals surface area contributed by atoms with E-state index in [1.807, 2.05) is 12.1 Å². The van der Waals surface area contributed by atoms with Crippen LogP contribution in [0, 0.1) is 0 Å². The molecule has 0 aliphatic heterocycles. The lowest BCUT2D eigenvalue weighted by Gasteiger charge is -2.17. The predicted octanol–water partition coefficient (Wildman–Crippen LogP) is 3.28. The lowest BCUT2D eigenvalue weighted by atomic mass is 10.1. The van der Waals surface area contributed by atoms with E-state index in [0.29, 0.717) is 13.2 Å². The van der Waals surface area contributed by atoms with Crippen LogP contribution in [-0.2, 0) is 4.74 Å². The van der Waals surface area contributed by atoms with Crippen molar-refractivity contribution in [1.82, 2.24) is 5.32 Å². The second kappa shape index (κ2) is 9.48. The Morgan fingerprint density at radius 1 is 1.32 bits per heavy atom. The van der Waals surface area contributed by atoms with Crippen molar-refractivity contribution in [3.8, 4) is 0 Å². The summed E-state index contributed by atoms with van der Waals surface area (Å²) in [5.74, 6) is 0. The minimum atomic E-state index is -0.449. The zero-order valence-electron chi connectivity index (χ0n) is 11.7. The summed E-state index contributed by atoms with van der Waals surface area (Å²) in [5.41, 5.74) is 1.21. The Morgan fingerprint density at radius 2 is 2.00 bits per heavy atom. The Kier molecular flexibility index (Phi) is 8.30. The first-order chi connectivity index (χ1) is 9.13. The van der Waals surface area contributed by atoms with Crippen molar-refractivity contribution >= 4 is 15.9 Å². The van der Waals surface area contributed by atoms with Crippen LogP contribution in [0.4, 0.5) is 0 Å². The van der Waals surface area contributed by atoms with Gasteiger partial charge in [0.2, 0.25) is 0 Å². The maximum atomic E-state index is 9.79. The number of nitrogens with one attached hydrogen (secondary N) is 1. The molecule has 0 spiro atoms. The first-order valence-corrected chi connectivity index (χ1v) is 7.67. The molecule has 0 radical (unpaired) electrons. The highest BCUT2D eigenvalue weighted by Crippen LogP contribution is 2.16. The van der Waals surface area contributed by atoms with Crippen LogP contribution in [-0.4, -0.2) is 31.0 Å². The molecule has 1 aromatic rings. The summed E-state index contributed by atoms with van der Waals surface area (Å²) in [5, 5.41) is 13.1. The molecule has 0 bridgehead atoms. The fraction of sp³-hybridized carbons (Fsp3) is 0.600. The van der Waals surface area contributed by atoms with Crippen LogP contribution >= 0.6 is 15.9 Å². The quantitative estimate of drug-likeness (QED) is 0.683. The molecule has 0 saturated heterocycles. The molecule has 0 aromatic heterocycles. The molecule has 2 N–H and O–H groups in total. The summed E-state index contributed by atoms with van der Waals surface area (Å²) in [6.45, 7) is 5.90. The van der Waals surface area contributed by atoms with Gasteiger partial charge in [0.25, 0.3) is 0 Å².